The standard InChI is InChI=1S/C20H22N2O3/c23-19(13-7-8-13)22-18-11-15-5-2-1-4-14(15)10-17(18)20(24)21-12-16-6-3-9-25-16/h1-2,4-5,10-11,13,16H,3,6-9,12H2,(H,21,24)(H,22,23)/t16-/m1/s1. The Morgan fingerprint density at radius 1 is 1.08 bits per heavy atom. The zero-order chi connectivity index (χ0) is 17.2. The lowest BCUT2D eigenvalue weighted by Crippen LogP contribution is -2.32. The molecule has 0 bridgehead atoms. The molecule has 1 saturated carbocycles. The van der Waals surface area contributed by atoms with Crippen molar-refractivity contribution in [3.63, 3.8) is 0 Å². The van der Waals surface area contributed by atoms with Crippen LogP contribution in [0.25, 0.3) is 10.8 Å². The molecular formula is C20H22N2O3. The highest BCUT2D eigenvalue weighted by Crippen LogP contribution is 2.32. The van der Waals surface area contributed by atoms with Gasteiger partial charge < -0.3 is 15.4 Å². The average Bonchev–Trinajstić information content (AvgIpc) is 3.35. The molecule has 1 aliphatic heterocycles. The van der Waals surface area contributed by atoms with Gasteiger partial charge in [0.1, 0.15) is 0 Å². The average molecular weight is 338 g/mol. The van der Waals surface area contributed by atoms with Gasteiger partial charge in [0.05, 0.1) is 17.4 Å². The molecule has 2 aromatic carbocycles. The Labute approximate surface area is 146 Å². The highest BCUT2D eigenvalue weighted by atomic mass is 16.5. The van der Waals surface area contributed by atoms with E-state index >= 15 is 0 Å². The number of carbonyl (C=O) groups excluding carboxylic acids is 2. The maximum absolute atomic E-state index is 12.7. The Bertz CT molecular complexity index is 808. The molecule has 1 saturated heterocycles. The Balaban J connectivity index is 1.59. The van der Waals surface area contributed by atoms with Gasteiger partial charge in [-0.15, -0.1) is 0 Å². The minimum atomic E-state index is -0.174. The van der Waals surface area contributed by atoms with Gasteiger partial charge in [-0.25, -0.2) is 0 Å². The predicted molar refractivity (Wildman–Crippen MR) is 96.6 cm³/mol. The summed E-state index contributed by atoms with van der Waals surface area (Å²) in [5.74, 6) is -0.0786. The van der Waals surface area contributed by atoms with E-state index in [2.05, 4.69) is 10.6 Å². The summed E-state index contributed by atoms with van der Waals surface area (Å²) in [7, 11) is 0. The summed E-state index contributed by atoms with van der Waals surface area (Å²) in [6.45, 7) is 1.26. The molecule has 2 amide bonds. The quantitative estimate of drug-likeness (QED) is 0.880. The van der Waals surface area contributed by atoms with Crippen molar-refractivity contribution >= 4 is 28.3 Å². The van der Waals surface area contributed by atoms with Crippen LogP contribution in [0, 0.1) is 5.92 Å². The Kier molecular flexibility index (Phi) is 4.40. The molecule has 0 radical (unpaired) electrons. The SMILES string of the molecule is O=C(NC[C@H]1CCCO1)c1cc2ccccc2cc1NC(=O)C1CC1. The van der Waals surface area contributed by atoms with Crippen molar-refractivity contribution in [1.29, 1.82) is 0 Å². The summed E-state index contributed by atoms with van der Waals surface area (Å²) < 4.78 is 5.56. The number of anilines is 1. The van der Waals surface area contributed by atoms with Crippen LogP contribution < -0.4 is 10.6 Å². The van der Waals surface area contributed by atoms with E-state index in [1.54, 1.807) is 0 Å². The van der Waals surface area contributed by atoms with Crippen LogP contribution in [0.5, 0.6) is 0 Å². The topological polar surface area (TPSA) is 67.4 Å². The van der Waals surface area contributed by atoms with E-state index in [-0.39, 0.29) is 23.8 Å². The van der Waals surface area contributed by atoms with Crippen molar-refractivity contribution < 1.29 is 14.3 Å². The minimum Gasteiger partial charge on any atom is -0.376 e. The number of benzene rings is 2. The summed E-state index contributed by atoms with van der Waals surface area (Å²) in [4.78, 5) is 24.9. The zero-order valence-corrected chi connectivity index (χ0v) is 14.1. The predicted octanol–water partition coefficient (Wildman–Crippen LogP) is 3.10. The van der Waals surface area contributed by atoms with E-state index in [1.165, 1.54) is 0 Å². The largest absolute Gasteiger partial charge is 0.376 e. The lowest BCUT2D eigenvalue weighted by molar-refractivity contribution is -0.117. The van der Waals surface area contributed by atoms with Gasteiger partial charge in [-0.2, -0.15) is 0 Å². The maximum atomic E-state index is 12.7. The van der Waals surface area contributed by atoms with Gasteiger partial charge in [0.15, 0.2) is 0 Å². The molecule has 25 heavy (non-hydrogen) atoms. The zero-order valence-electron chi connectivity index (χ0n) is 14.1. The van der Waals surface area contributed by atoms with Crippen LogP contribution in [0.1, 0.15) is 36.0 Å². The van der Waals surface area contributed by atoms with Gasteiger partial charge >= 0.3 is 0 Å². The number of nitrogens with one attached hydrogen (secondary N) is 2. The van der Waals surface area contributed by atoms with Crippen LogP contribution in [0.4, 0.5) is 5.69 Å². The molecule has 2 aliphatic rings. The summed E-state index contributed by atoms with van der Waals surface area (Å²) in [6.07, 6.45) is 3.97. The van der Waals surface area contributed by atoms with Crippen LogP contribution in [0.3, 0.4) is 0 Å². The van der Waals surface area contributed by atoms with Gasteiger partial charge in [-0.1, -0.05) is 24.3 Å². The third-order valence-corrected chi connectivity index (χ3v) is 4.85. The number of rotatable bonds is 5. The number of carbonyl (C=O) groups is 2. The third-order valence-electron chi connectivity index (χ3n) is 4.85. The van der Waals surface area contributed by atoms with Gasteiger partial charge in [0.25, 0.3) is 5.91 Å². The van der Waals surface area contributed by atoms with Crippen LogP contribution in [-0.2, 0) is 9.53 Å². The van der Waals surface area contributed by atoms with E-state index < -0.39 is 0 Å². The van der Waals surface area contributed by atoms with Crippen LogP contribution >= 0.6 is 0 Å². The Morgan fingerprint density at radius 3 is 2.52 bits per heavy atom. The fourth-order valence-electron chi connectivity index (χ4n) is 3.22. The monoisotopic (exact) mass is 338 g/mol. The number of hydrogen-bond donors (Lipinski definition) is 2. The fraction of sp³-hybridized carbons (Fsp3) is 0.400. The van der Waals surface area contributed by atoms with Crippen molar-refractivity contribution in [2.24, 2.45) is 5.92 Å². The van der Waals surface area contributed by atoms with Crippen molar-refractivity contribution in [3.8, 4) is 0 Å². The molecular weight excluding hydrogens is 316 g/mol. The van der Waals surface area contributed by atoms with Gasteiger partial charge in [-0.05, 0) is 48.6 Å². The first-order chi connectivity index (χ1) is 12.2. The van der Waals surface area contributed by atoms with Crippen molar-refractivity contribution in [2.45, 2.75) is 31.8 Å². The molecule has 0 spiro atoms. The summed E-state index contributed by atoms with van der Waals surface area (Å²) in [6, 6.07) is 11.6. The van der Waals surface area contributed by atoms with E-state index in [0.29, 0.717) is 17.8 Å². The van der Waals surface area contributed by atoms with Gasteiger partial charge in [0.2, 0.25) is 5.91 Å². The fourth-order valence-corrected chi connectivity index (χ4v) is 3.22. The molecule has 2 N–H and O–H groups in total. The van der Waals surface area contributed by atoms with Gasteiger partial charge in [0, 0.05) is 19.1 Å². The number of amides is 2. The van der Waals surface area contributed by atoms with E-state index in [4.69, 9.17) is 4.74 Å². The second kappa shape index (κ2) is 6.84. The van der Waals surface area contributed by atoms with Gasteiger partial charge in [-0.3, -0.25) is 9.59 Å². The lowest BCUT2D eigenvalue weighted by atomic mass is 10.0. The van der Waals surface area contributed by atoms with E-state index in [9.17, 15) is 9.59 Å². The summed E-state index contributed by atoms with van der Waals surface area (Å²) in [5.41, 5.74) is 1.09. The summed E-state index contributed by atoms with van der Waals surface area (Å²) in [5, 5.41) is 7.88. The molecule has 130 valence electrons. The minimum absolute atomic E-state index is 0.00320. The lowest BCUT2D eigenvalue weighted by Gasteiger charge is -2.15. The van der Waals surface area contributed by atoms with Crippen LogP contribution in [0.2, 0.25) is 0 Å². The molecule has 0 unspecified atom stereocenters. The van der Waals surface area contributed by atoms with Crippen molar-refractivity contribution in [3.05, 3.63) is 42.0 Å². The highest BCUT2D eigenvalue weighted by Gasteiger charge is 2.30. The third kappa shape index (κ3) is 3.66. The second-order valence-electron chi connectivity index (χ2n) is 6.85. The normalized spacial score (nSPS) is 19.8. The van der Waals surface area contributed by atoms with E-state index in [1.807, 2.05) is 36.4 Å². The number of ether oxygens (including phenoxy) is 1. The molecule has 5 heteroatoms. The molecule has 2 fully saturated rings. The first-order valence-corrected chi connectivity index (χ1v) is 8.94. The van der Waals surface area contributed by atoms with Crippen molar-refractivity contribution in [2.75, 3.05) is 18.5 Å². The van der Waals surface area contributed by atoms with Crippen LogP contribution in [-0.4, -0.2) is 31.1 Å². The van der Waals surface area contributed by atoms with E-state index in [0.717, 1.165) is 43.1 Å². The summed E-state index contributed by atoms with van der Waals surface area (Å²) >= 11 is 0. The Hall–Kier alpha value is -2.40. The number of fused-ring (bicyclic) bond motifs is 1. The first kappa shape index (κ1) is 16.1. The van der Waals surface area contributed by atoms with Crippen molar-refractivity contribution in [1.82, 2.24) is 5.32 Å². The van der Waals surface area contributed by atoms with Crippen LogP contribution in [0.15, 0.2) is 36.4 Å². The molecule has 0 aromatic heterocycles. The molecule has 5 nitrogen and oxygen atoms in total. The molecule has 1 atom stereocenters. The number of hydrogen-bond acceptors (Lipinski definition) is 3. The smallest absolute Gasteiger partial charge is 0.253 e. The Morgan fingerprint density at radius 2 is 1.84 bits per heavy atom. The molecule has 1 aliphatic carbocycles. The first-order valence-electron chi connectivity index (χ1n) is 8.94. The maximum Gasteiger partial charge on any atom is 0.253 e. The molecule has 2 aromatic rings. The molecule has 1 heterocycles. The highest BCUT2D eigenvalue weighted by molar-refractivity contribution is 6.08. The molecule has 4 rings (SSSR count). The second-order valence-corrected chi connectivity index (χ2v) is 6.85.